The number of phenols is 1. The highest BCUT2D eigenvalue weighted by molar-refractivity contribution is 5.74. The predicted molar refractivity (Wildman–Crippen MR) is 102 cm³/mol. The van der Waals surface area contributed by atoms with E-state index in [1.165, 1.54) is 16.7 Å². The van der Waals surface area contributed by atoms with Crippen LogP contribution < -0.4 is 0 Å². The predicted octanol–water partition coefficient (Wildman–Crippen LogP) is 4.83. The Kier molecular flexibility index (Phi) is 5.17. The van der Waals surface area contributed by atoms with E-state index in [2.05, 4.69) is 61.5 Å². The lowest BCUT2D eigenvalue weighted by Crippen LogP contribution is -2.24. The number of allylic oxidation sites excluding steroid dienone is 2. The van der Waals surface area contributed by atoms with Crippen molar-refractivity contribution >= 4 is 11.6 Å². The lowest BCUT2D eigenvalue weighted by molar-refractivity contribution is 0.352. The highest BCUT2D eigenvalue weighted by atomic mass is 16.3. The quantitative estimate of drug-likeness (QED) is 0.872. The molecule has 2 aromatic carbocycles. The van der Waals surface area contributed by atoms with Gasteiger partial charge in [0.1, 0.15) is 5.75 Å². The summed E-state index contributed by atoms with van der Waals surface area (Å²) in [6.07, 6.45) is 6.82. The van der Waals surface area contributed by atoms with Gasteiger partial charge in [0.15, 0.2) is 0 Å². The lowest BCUT2D eigenvalue weighted by Gasteiger charge is -2.28. The summed E-state index contributed by atoms with van der Waals surface area (Å²) in [5, 5.41) is 9.86. The highest BCUT2D eigenvalue weighted by Gasteiger charge is 2.22. The molecule has 0 fully saturated rings. The first-order chi connectivity index (χ1) is 11.6. The van der Waals surface area contributed by atoms with Crippen LogP contribution in [-0.2, 0) is 0 Å². The summed E-state index contributed by atoms with van der Waals surface area (Å²) in [4.78, 5) is 2.24. The molecule has 2 heteroatoms. The number of hydrogen-bond donors (Lipinski definition) is 1. The fourth-order valence-electron chi connectivity index (χ4n) is 3.40. The van der Waals surface area contributed by atoms with E-state index in [-0.39, 0.29) is 0 Å². The largest absolute Gasteiger partial charge is 0.508 e. The molecule has 0 radical (unpaired) electrons. The molecular formula is C22H25NO. The second-order valence-electron chi connectivity index (χ2n) is 6.78. The van der Waals surface area contributed by atoms with Gasteiger partial charge in [0.25, 0.3) is 0 Å². The maximum Gasteiger partial charge on any atom is 0.116 e. The molecule has 0 unspecified atom stereocenters. The summed E-state index contributed by atoms with van der Waals surface area (Å²) in [7, 11) is 4.24. The molecule has 0 amide bonds. The molecule has 1 aliphatic rings. The third-order valence-electron chi connectivity index (χ3n) is 4.48. The van der Waals surface area contributed by atoms with Crippen LogP contribution in [-0.4, -0.2) is 30.6 Å². The van der Waals surface area contributed by atoms with Gasteiger partial charge < -0.3 is 10.0 Å². The summed E-state index contributed by atoms with van der Waals surface area (Å²) in [5.41, 5.74) is 5.05. The van der Waals surface area contributed by atoms with Crippen LogP contribution in [0.2, 0.25) is 0 Å². The number of phenolic OH excluding ortho intramolecular Hbond substituents is 1. The molecule has 24 heavy (non-hydrogen) atoms. The van der Waals surface area contributed by atoms with Gasteiger partial charge in [-0.2, -0.15) is 0 Å². The molecule has 0 heterocycles. The maximum atomic E-state index is 9.86. The molecular weight excluding hydrogens is 294 g/mol. The summed E-state index contributed by atoms with van der Waals surface area (Å²) in [6, 6.07) is 18.1. The second-order valence-corrected chi connectivity index (χ2v) is 6.78. The van der Waals surface area contributed by atoms with E-state index >= 15 is 0 Å². The standard InChI is InChI=1S/C22H25NO/c1-23(2)16-20-12-11-18(13-17-7-4-3-5-8-17)14-22(20)19-9-6-10-21(24)15-19/h3-10,13-15,20,24H,11-12,16H2,1-2H3/b18-13-/t20-/m1/s1. The number of benzene rings is 2. The zero-order chi connectivity index (χ0) is 16.9. The first kappa shape index (κ1) is 16.5. The van der Waals surface area contributed by atoms with Crippen molar-refractivity contribution in [1.29, 1.82) is 0 Å². The van der Waals surface area contributed by atoms with Crippen molar-refractivity contribution in [1.82, 2.24) is 4.90 Å². The van der Waals surface area contributed by atoms with Crippen LogP contribution in [0.1, 0.15) is 24.0 Å². The minimum atomic E-state index is 0.330. The Bertz CT molecular complexity index is 744. The smallest absolute Gasteiger partial charge is 0.116 e. The van der Waals surface area contributed by atoms with E-state index in [9.17, 15) is 5.11 Å². The topological polar surface area (TPSA) is 23.5 Å². The molecule has 3 rings (SSSR count). The molecule has 0 saturated heterocycles. The van der Waals surface area contributed by atoms with E-state index in [4.69, 9.17) is 0 Å². The fourth-order valence-corrected chi connectivity index (χ4v) is 3.40. The zero-order valence-corrected chi connectivity index (χ0v) is 14.4. The molecule has 0 spiro atoms. The first-order valence-corrected chi connectivity index (χ1v) is 8.53. The van der Waals surface area contributed by atoms with Gasteiger partial charge in [0.2, 0.25) is 0 Å². The SMILES string of the molecule is CN(C)C[C@H]1CC/C(=C/c2ccccc2)C=C1c1cccc(O)c1. The first-order valence-electron chi connectivity index (χ1n) is 8.53. The Morgan fingerprint density at radius 2 is 1.88 bits per heavy atom. The fraction of sp³-hybridized carbons (Fsp3) is 0.273. The van der Waals surface area contributed by atoms with Gasteiger partial charge in [-0.15, -0.1) is 0 Å². The van der Waals surface area contributed by atoms with E-state index in [0.717, 1.165) is 24.9 Å². The second kappa shape index (κ2) is 7.50. The molecule has 1 N–H and O–H groups in total. The zero-order valence-electron chi connectivity index (χ0n) is 14.4. The number of rotatable bonds is 4. The van der Waals surface area contributed by atoms with Crippen LogP contribution >= 0.6 is 0 Å². The van der Waals surface area contributed by atoms with Crippen LogP contribution in [0.3, 0.4) is 0 Å². The van der Waals surface area contributed by atoms with Gasteiger partial charge in [0.05, 0.1) is 0 Å². The molecule has 0 bridgehead atoms. The Hall–Kier alpha value is -2.32. The number of hydrogen-bond acceptors (Lipinski definition) is 2. The Morgan fingerprint density at radius 1 is 1.08 bits per heavy atom. The van der Waals surface area contributed by atoms with Gasteiger partial charge in [-0.25, -0.2) is 0 Å². The normalized spacial score (nSPS) is 19.5. The molecule has 1 atom stereocenters. The molecule has 124 valence electrons. The van der Waals surface area contributed by atoms with Crippen molar-refractivity contribution < 1.29 is 5.11 Å². The Balaban J connectivity index is 1.97. The van der Waals surface area contributed by atoms with E-state index in [1.807, 2.05) is 18.2 Å². The van der Waals surface area contributed by atoms with Crippen molar-refractivity contribution in [3.8, 4) is 5.75 Å². The van der Waals surface area contributed by atoms with Gasteiger partial charge in [-0.3, -0.25) is 0 Å². The maximum absolute atomic E-state index is 9.86. The number of aromatic hydroxyl groups is 1. The van der Waals surface area contributed by atoms with Crippen molar-refractivity contribution in [2.75, 3.05) is 20.6 Å². The van der Waals surface area contributed by atoms with Crippen LogP contribution in [0.4, 0.5) is 0 Å². The molecule has 2 aromatic rings. The van der Waals surface area contributed by atoms with Gasteiger partial charge in [-0.1, -0.05) is 54.6 Å². The lowest BCUT2D eigenvalue weighted by atomic mass is 9.81. The van der Waals surface area contributed by atoms with Gasteiger partial charge in [-0.05, 0) is 67.3 Å². The van der Waals surface area contributed by atoms with E-state index in [0.29, 0.717) is 11.7 Å². The third-order valence-corrected chi connectivity index (χ3v) is 4.48. The molecule has 2 nitrogen and oxygen atoms in total. The minimum absolute atomic E-state index is 0.330. The summed E-state index contributed by atoms with van der Waals surface area (Å²) >= 11 is 0. The van der Waals surface area contributed by atoms with E-state index < -0.39 is 0 Å². The summed E-state index contributed by atoms with van der Waals surface area (Å²) in [6.45, 7) is 1.03. The molecule has 1 aliphatic carbocycles. The van der Waals surface area contributed by atoms with Crippen molar-refractivity contribution in [3.63, 3.8) is 0 Å². The summed E-state index contributed by atoms with van der Waals surface area (Å²) < 4.78 is 0. The average molecular weight is 319 g/mol. The van der Waals surface area contributed by atoms with Gasteiger partial charge in [0, 0.05) is 6.54 Å². The highest BCUT2D eigenvalue weighted by Crippen LogP contribution is 2.36. The molecule has 0 aliphatic heterocycles. The van der Waals surface area contributed by atoms with Crippen molar-refractivity contribution in [3.05, 3.63) is 77.4 Å². The third kappa shape index (κ3) is 4.15. The van der Waals surface area contributed by atoms with Gasteiger partial charge >= 0.3 is 0 Å². The van der Waals surface area contributed by atoms with Crippen LogP contribution in [0.5, 0.6) is 5.75 Å². The number of nitrogens with zero attached hydrogens (tertiary/aromatic N) is 1. The van der Waals surface area contributed by atoms with Crippen LogP contribution in [0, 0.1) is 5.92 Å². The Labute approximate surface area is 144 Å². The molecule has 0 saturated carbocycles. The average Bonchev–Trinajstić information content (AvgIpc) is 2.57. The monoisotopic (exact) mass is 319 g/mol. The van der Waals surface area contributed by atoms with E-state index in [1.54, 1.807) is 6.07 Å². The van der Waals surface area contributed by atoms with Crippen molar-refractivity contribution in [2.45, 2.75) is 12.8 Å². The summed E-state index contributed by atoms with van der Waals surface area (Å²) in [5.74, 6) is 0.825. The van der Waals surface area contributed by atoms with Crippen molar-refractivity contribution in [2.24, 2.45) is 5.92 Å². The van der Waals surface area contributed by atoms with Crippen LogP contribution in [0.25, 0.3) is 11.6 Å². The Morgan fingerprint density at radius 3 is 2.58 bits per heavy atom. The van der Waals surface area contributed by atoms with Crippen LogP contribution in [0.15, 0.2) is 66.2 Å². The minimum Gasteiger partial charge on any atom is -0.508 e. The molecule has 0 aromatic heterocycles.